The molecule has 0 spiro atoms. The number of ether oxygens (including phenoxy) is 2. The van der Waals surface area contributed by atoms with E-state index in [1.807, 2.05) is 30.3 Å². The Labute approximate surface area is 124 Å². The van der Waals surface area contributed by atoms with Crippen molar-refractivity contribution >= 4 is 12.1 Å². The lowest BCUT2D eigenvalue weighted by Gasteiger charge is -2.22. The first-order valence-electron chi connectivity index (χ1n) is 6.72. The van der Waals surface area contributed by atoms with Gasteiger partial charge >= 0.3 is 12.1 Å². The number of rotatable bonds is 5. The zero-order valence-electron chi connectivity index (χ0n) is 12.6. The van der Waals surface area contributed by atoms with Crippen LogP contribution in [0.2, 0.25) is 0 Å². The van der Waals surface area contributed by atoms with Crippen LogP contribution in [0, 0.1) is 0 Å². The van der Waals surface area contributed by atoms with Crippen LogP contribution >= 0.6 is 0 Å². The molecule has 1 atom stereocenters. The monoisotopic (exact) mass is 294 g/mol. The van der Waals surface area contributed by atoms with Gasteiger partial charge < -0.3 is 14.8 Å². The van der Waals surface area contributed by atoms with Crippen LogP contribution in [0.3, 0.4) is 0 Å². The van der Waals surface area contributed by atoms with Crippen molar-refractivity contribution in [2.24, 2.45) is 5.73 Å². The lowest BCUT2D eigenvalue weighted by atomic mass is 10.1. The number of nitrogens with two attached hydrogens (primary N) is 1. The van der Waals surface area contributed by atoms with Gasteiger partial charge in [0.05, 0.1) is 0 Å². The summed E-state index contributed by atoms with van der Waals surface area (Å²) >= 11 is 0. The molecule has 0 bridgehead atoms. The van der Waals surface area contributed by atoms with Crippen molar-refractivity contribution in [3.05, 3.63) is 35.9 Å². The van der Waals surface area contributed by atoms with Crippen LogP contribution in [0.25, 0.3) is 0 Å². The SMILES string of the molecule is CC(C)(C)OC(=O)NC(Cc1ccccc1)C(=O)OCN. The number of nitrogens with one attached hydrogen (secondary N) is 1. The van der Waals surface area contributed by atoms with E-state index in [1.54, 1.807) is 20.8 Å². The van der Waals surface area contributed by atoms with Gasteiger partial charge in [0, 0.05) is 6.42 Å². The maximum absolute atomic E-state index is 11.9. The first kappa shape index (κ1) is 17.0. The second-order valence-electron chi connectivity index (χ2n) is 5.52. The fourth-order valence-electron chi connectivity index (χ4n) is 1.68. The number of carbonyl (C=O) groups is 2. The number of hydrogen-bond donors (Lipinski definition) is 2. The highest BCUT2D eigenvalue weighted by Crippen LogP contribution is 2.09. The Morgan fingerprint density at radius 3 is 2.38 bits per heavy atom. The minimum Gasteiger partial charge on any atom is -0.448 e. The Balaban J connectivity index is 2.73. The normalized spacial score (nSPS) is 12.4. The minimum atomic E-state index is -0.842. The van der Waals surface area contributed by atoms with Gasteiger partial charge in [-0.1, -0.05) is 30.3 Å². The number of amides is 1. The summed E-state index contributed by atoms with van der Waals surface area (Å²) in [6.45, 7) is 5.01. The molecule has 0 aliphatic carbocycles. The van der Waals surface area contributed by atoms with Gasteiger partial charge in [0.15, 0.2) is 0 Å². The van der Waals surface area contributed by atoms with E-state index in [0.717, 1.165) is 5.56 Å². The standard InChI is InChI=1S/C15H22N2O4/c1-15(2,3)21-14(19)17-12(13(18)20-10-16)9-11-7-5-4-6-8-11/h4-8,12H,9-10,16H2,1-3H3,(H,17,19). The van der Waals surface area contributed by atoms with Gasteiger partial charge in [0.25, 0.3) is 0 Å². The van der Waals surface area contributed by atoms with Crippen LogP contribution in [-0.2, 0) is 20.7 Å². The van der Waals surface area contributed by atoms with Gasteiger partial charge in [-0.25, -0.2) is 9.59 Å². The summed E-state index contributed by atoms with van der Waals surface area (Å²) in [5.74, 6) is -0.591. The summed E-state index contributed by atoms with van der Waals surface area (Å²) in [5, 5.41) is 2.52. The molecule has 1 aromatic carbocycles. The van der Waals surface area contributed by atoms with E-state index in [2.05, 4.69) is 5.32 Å². The van der Waals surface area contributed by atoms with E-state index >= 15 is 0 Å². The van der Waals surface area contributed by atoms with Crippen LogP contribution in [0.4, 0.5) is 4.79 Å². The molecule has 6 nitrogen and oxygen atoms in total. The van der Waals surface area contributed by atoms with Crippen LogP contribution in [0.1, 0.15) is 26.3 Å². The molecule has 0 aromatic heterocycles. The van der Waals surface area contributed by atoms with Gasteiger partial charge in [0.1, 0.15) is 18.4 Å². The van der Waals surface area contributed by atoms with Crippen molar-refractivity contribution in [3.63, 3.8) is 0 Å². The highest BCUT2D eigenvalue weighted by molar-refractivity contribution is 5.81. The van der Waals surface area contributed by atoms with E-state index < -0.39 is 23.7 Å². The smallest absolute Gasteiger partial charge is 0.408 e. The lowest BCUT2D eigenvalue weighted by molar-refractivity contribution is -0.145. The minimum absolute atomic E-state index is 0.236. The van der Waals surface area contributed by atoms with Gasteiger partial charge in [-0.05, 0) is 26.3 Å². The summed E-state index contributed by atoms with van der Waals surface area (Å²) in [6.07, 6.45) is -0.365. The predicted molar refractivity (Wildman–Crippen MR) is 78.5 cm³/mol. The third-order valence-electron chi connectivity index (χ3n) is 2.48. The highest BCUT2D eigenvalue weighted by atomic mass is 16.6. The Morgan fingerprint density at radius 1 is 1.24 bits per heavy atom. The molecular weight excluding hydrogens is 272 g/mol. The maximum atomic E-state index is 11.9. The largest absolute Gasteiger partial charge is 0.448 e. The summed E-state index contributed by atoms with van der Waals surface area (Å²) in [6, 6.07) is 8.46. The zero-order chi connectivity index (χ0) is 15.9. The number of benzene rings is 1. The molecule has 0 radical (unpaired) electrons. The molecule has 0 saturated carbocycles. The van der Waals surface area contributed by atoms with Crippen molar-refractivity contribution in [2.45, 2.75) is 38.8 Å². The first-order chi connectivity index (χ1) is 9.81. The van der Waals surface area contributed by atoms with Crippen molar-refractivity contribution in [1.82, 2.24) is 5.32 Å². The average molecular weight is 294 g/mol. The van der Waals surface area contributed by atoms with E-state index in [4.69, 9.17) is 15.2 Å². The second-order valence-corrected chi connectivity index (χ2v) is 5.52. The second kappa shape index (κ2) is 7.64. The van der Waals surface area contributed by atoms with Crippen molar-refractivity contribution in [2.75, 3.05) is 6.73 Å². The first-order valence-corrected chi connectivity index (χ1v) is 6.72. The van der Waals surface area contributed by atoms with E-state index in [0.29, 0.717) is 6.42 Å². The van der Waals surface area contributed by atoms with Crippen LogP contribution < -0.4 is 11.1 Å². The van der Waals surface area contributed by atoms with Gasteiger partial charge in [0.2, 0.25) is 0 Å². The van der Waals surface area contributed by atoms with Crippen molar-refractivity contribution in [1.29, 1.82) is 0 Å². The fraction of sp³-hybridized carbons (Fsp3) is 0.467. The number of esters is 1. The predicted octanol–water partition coefficient (Wildman–Crippen LogP) is 1.58. The van der Waals surface area contributed by atoms with E-state index in [9.17, 15) is 9.59 Å². The van der Waals surface area contributed by atoms with Gasteiger partial charge in [-0.3, -0.25) is 5.73 Å². The van der Waals surface area contributed by atoms with Crippen LogP contribution in [-0.4, -0.2) is 30.4 Å². The summed E-state index contributed by atoms with van der Waals surface area (Å²) in [7, 11) is 0. The van der Waals surface area contributed by atoms with Gasteiger partial charge in [-0.15, -0.1) is 0 Å². The molecule has 1 rings (SSSR count). The number of carbonyl (C=O) groups excluding carboxylic acids is 2. The summed E-state index contributed by atoms with van der Waals surface area (Å²) in [4.78, 5) is 23.7. The van der Waals surface area contributed by atoms with Gasteiger partial charge in [-0.2, -0.15) is 0 Å². The van der Waals surface area contributed by atoms with E-state index in [-0.39, 0.29) is 6.73 Å². The molecule has 0 aliphatic rings. The molecule has 3 N–H and O–H groups in total. The molecule has 21 heavy (non-hydrogen) atoms. The molecule has 116 valence electrons. The lowest BCUT2D eigenvalue weighted by Crippen LogP contribution is -2.45. The topological polar surface area (TPSA) is 90.6 Å². The molecule has 0 saturated heterocycles. The molecule has 0 fully saturated rings. The third-order valence-corrected chi connectivity index (χ3v) is 2.48. The fourth-order valence-corrected chi connectivity index (χ4v) is 1.68. The number of alkyl carbamates (subject to hydrolysis) is 1. The van der Waals surface area contributed by atoms with Crippen LogP contribution in [0.5, 0.6) is 0 Å². The molecule has 6 heteroatoms. The Hall–Kier alpha value is -2.08. The molecule has 0 heterocycles. The third kappa shape index (κ3) is 6.76. The zero-order valence-corrected chi connectivity index (χ0v) is 12.6. The summed E-state index contributed by atoms with van der Waals surface area (Å²) in [5.41, 5.74) is 5.46. The maximum Gasteiger partial charge on any atom is 0.408 e. The highest BCUT2D eigenvalue weighted by Gasteiger charge is 2.25. The Kier molecular flexibility index (Phi) is 6.17. The molecule has 1 unspecified atom stereocenters. The average Bonchev–Trinajstić information content (AvgIpc) is 2.37. The van der Waals surface area contributed by atoms with Crippen molar-refractivity contribution in [3.8, 4) is 0 Å². The van der Waals surface area contributed by atoms with Crippen molar-refractivity contribution < 1.29 is 19.1 Å². The summed E-state index contributed by atoms with van der Waals surface area (Å²) < 4.78 is 9.92. The molecule has 1 aromatic rings. The molecule has 1 amide bonds. The molecule has 0 aliphatic heterocycles. The van der Waals surface area contributed by atoms with E-state index in [1.165, 1.54) is 0 Å². The molecular formula is C15H22N2O4. The Morgan fingerprint density at radius 2 is 1.86 bits per heavy atom. The van der Waals surface area contributed by atoms with Crippen LogP contribution in [0.15, 0.2) is 30.3 Å². The Bertz CT molecular complexity index is 468. The number of hydrogen-bond acceptors (Lipinski definition) is 5. The quantitative estimate of drug-likeness (QED) is 0.635.